The van der Waals surface area contributed by atoms with Crippen molar-refractivity contribution in [1.29, 1.82) is 0 Å². The third-order valence-corrected chi connectivity index (χ3v) is 11.7. The van der Waals surface area contributed by atoms with Crippen molar-refractivity contribution in [2.75, 3.05) is 0 Å². The van der Waals surface area contributed by atoms with E-state index in [-0.39, 0.29) is 0 Å². The van der Waals surface area contributed by atoms with E-state index >= 15 is 0 Å². The fraction of sp³-hybridized carbons (Fsp3) is 0. The number of aromatic nitrogens is 2. The second-order valence-corrected chi connectivity index (χ2v) is 14.4. The third-order valence-electron chi connectivity index (χ3n) is 10.5. The Labute approximate surface area is 298 Å². The van der Waals surface area contributed by atoms with Crippen molar-refractivity contribution in [3.8, 4) is 33.6 Å². The molecule has 3 heteroatoms. The van der Waals surface area contributed by atoms with Crippen LogP contribution >= 0.6 is 11.3 Å². The number of fused-ring (bicyclic) bond motifs is 9. The Hall–Kier alpha value is -6.42. The largest absolute Gasteiger partial charge is 0.309 e. The quantitative estimate of drug-likeness (QED) is 0.177. The van der Waals surface area contributed by atoms with Crippen molar-refractivity contribution in [1.82, 2.24) is 9.13 Å². The lowest BCUT2D eigenvalue weighted by Gasteiger charge is -2.10. The molecule has 238 valence electrons. The van der Waals surface area contributed by atoms with Gasteiger partial charge in [-0.25, -0.2) is 0 Å². The van der Waals surface area contributed by atoms with Gasteiger partial charge in [0.2, 0.25) is 0 Å². The van der Waals surface area contributed by atoms with Gasteiger partial charge in [0, 0.05) is 53.1 Å². The standard InChI is InChI=1S/C48H30N2S/c1-3-12-31(13-4-1)36-18-11-21-47-48(36)41-30-35(24-27-46(41)51-47)50-43-20-10-8-17-38(43)40-29-33(23-26-45(40)50)32-22-25-44-39(28-32)37-16-7-9-19-42(37)49(44)34-14-5-2-6-15-34/h1-30H. The molecule has 0 atom stereocenters. The number of rotatable bonds is 4. The summed E-state index contributed by atoms with van der Waals surface area (Å²) in [6.07, 6.45) is 0. The average molecular weight is 667 g/mol. The van der Waals surface area contributed by atoms with Crippen LogP contribution in [0.4, 0.5) is 0 Å². The Balaban J connectivity index is 1.10. The zero-order valence-corrected chi connectivity index (χ0v) is 28.4. The van der Waals surface area contributed by atoms with Crippen molar-refractivity contribution in [3.05, 3.63) is 182 Å². The highest BCUT2D eigenvalue weighted by molar-refractivity contribution is 7.26. The number of hydrogen-bond acceptors (Lipinski definition) is 1. The van der Waals surface area contributed by atoms with Crippen molar-refractivity contribution in [2.45, 2.75) is 0 Å². The van der Waals surface area contributed by atoms with Crippen LogP contribution in [-0.2, 0) is 0 Å². The lowest BCUT2D eigenvalue weighted by molar-refractivity contribution is 1.18. The molecule has 8 aromatic carbocycles. The molecular formula is C48H30N2S. The van der Waals surface area contributed by atoms with E-state index < -0.39 is 0 Å². The molecule has 0 bridgehead atoms. The van der Waals surface area contributed by atoms with Crippen LogP contribution in [-0.4, -0.2) is 9.13 Å². The molecule has 3 aromatic heterocycles. The van der Waals surface area contributed by atoms with Gasteiger partial charge in [-0.2, -0.15) is 0 Å². The average Bonchev–Trinajstić information content (AvgIpc) is 3.85. The first kappa shape index (κ1) is 28.4. The Morgan fingerprint density at radius 2 is 0.882 bits per heavy atom. The molecule has 11 aromatic rings. The molecule has 0 N–H and O–H groups in total. The minimum atomic E-state index is 1.18. The first-order chi connectivity index (χ1) is 25.3. The molecular weight excluding hydrogens is 637 g/mol. The highest BCUT2D eigenvalue weighted by Crippen LogP contribution is 2.43. The molecule has 0 aliphatic carbocycles. The van der Waals surface area contributed by atoms with Crippen LogP contribution in [0.1, 0.15) is 0 Å². The summed E-state index contributed by atoms with van der Waals surface area (Å²) in [6.45, 7) is 0. The maximum Gasteiger partial charge on any atom is 0.0541 e. The van der Waals surface area contributed by atoms with Crippen LogP contribution in [0.3, 0.4) is 0 Å². The van der Waals surface area contributed by atoms with Crippen LogP contribution in [0.25, 0.3) is 97.4 Å². The van der Waals surface area contributed by atoms with E-state index in [1.165, 1.54) is 97.4 Å². The van der Waals surface area contributed by atoms with Crippen molar-refractivity contribution >= 4 is 75.1 Å². The molecule has 0 saturated heterocycles. The van der Waals surface area contributed by atoms with Gasteiger partial charge in [-0.05, 0) is 95.1 Å². The first-order valence-electron chi connectivity index (χ1n) is 17.4. The molecule has 0 saturated carbocycles. The minimum absolute atomic E-state index is 1.18. The molecule has 0 amide bonds. The Morgan fingerprint density at radius 3 is 1.55 bits per heavy atom. The third kappa shape index (κ3) is 4.29. The summed E-state index contributed by atoms with van der Waals surface area (Å²) >= 11 is 1.87. The monoisotopic (exact) mass is 666 g/mol. The fourth-order valence-corrected chi connectivity index (χ4v) is 9.36. The summed E-state index contributed by atoms with van der Waals surface area (Å²) in [6, 6.07) is 66.6. The smallest absolute Gasteiger partial charge is 0.0541 e. The summed E-state index contributed by atoms with van der Waals surface area (Å²) in [7, 11) is 0. The molecule has 0 fully saturated rings. The second-order valence-electron chi connectivity index (χ2n) is 13.3. The summed E-state index contributed by atoms with van der Waals surface area (Å²) in [5, 5.41) is 7.69. The fourth-order valence-electron chi connectivity index (χ4n) is 8.25. The maximum absolute atomic E-state index is 2.44. The number of hydrogen-bond donors (Lipinski definition) is 0. The topological polar surface area (TPSA) is 9.86 Å². The second kappa shape index (κ2) is 11.0. The molecule has 51 heavy (non-hydrogen) atoms. The van der Waals surface area contributed by atoms with Crippen molar-refractivity contribution in [2.24, 2.45) is 0 Å². The lowest BCUT2D eigenvalue weighted by atomic mass is 9.99. The van der Waals surface area contributed by atoms with Gasteiger partial charge in [0.25, 0.3) is 0 Å². The van der Waals surface area contributed by atoms with Gasteiger partial charge >= 0.3 is 0 Å². The van der Waals surface area contributed by atoms with Crippen LogP contribution < -0.4 is 0 Å². The van der Waals surface area contributed by atoms with Gasteiger partial charge in [-0.15, -0.1) is 11.3 Å². The van der Waals surface area contributed by atoms with Crippen molar-refractivity contribution < 1.29 is 0 Å². The van der Waals surface area contributed by atoms with Gasteiger partial charge in [-0.1, -0.05) is 109 Å². The molecule has 11 rings (SSSR count). The SMILES string of the molecule is c1ccc(-c2cccc3sc4ccc(-n5c6ccccc6c6cc(-c7ccc8c(c7)c7ccccc7n8-c7ccccc7)ccc65)cc4c23)cc1. The number of nitrogens with zero attached hydrogens (tertiary/aromatic N) is 2. The van der Waals surface area contributed by atoms with Gasteiger partial charge in [-0.3, -0.25) is 0 Å². The van der Waals surface area contributed by atoms with E-state index in [1.807, 2.05) is 11.3 Å². The normalized spacial score (nSPS) is 11.9. The minimum Gasteiger partial charge on any atom is -0.309 e. The van der Waals surface area contributed by atoms with E-state index in [2.05, 4.69) is 191 Å². The Kier molecular flexibility index (Phi) is 6.16. The molecule has 0 aliphatic heterocycles. The summed E-state index contributed by atoms with van der Waals surface area (Å²) in [5.74, 6) is 0. The molecule has 0 aliphatic rings. The highest BCUT2D eigenvalue weighted by atomic mass is 32.1. The highest BCUT2D eigenvalue weighted by Gasteiger charge is 2.17. The molecule has 3 heterocycles. The zero-order valence-electron chi connectivity index (χ0n) is 27.6. The van der Waals surface area contributed by atoms with Gasteiger partial charge in [0.1, 0.15) is 0 Å². The predicted octanol–water partition coefficient (Wildman–Crippen LogP) is 13.6. The molecule has 2 nitrogen and oxygen atoms in total. The number of benzene rings is 8. The van der Waals surface area contributed by atoms with E-state index in [0.717, 1.165) is 0 Å². The zero-order chi connectivity index (χ0) is 33.5. The van der Waals surface area contributed by atoms with Crippen molar-refractivity contribution in [3.63, 3.8) is 0 Å². The van der Waals surface area contributed by atoms with E-state index in [4.69, 9.17) is 0 Å². The molecule has 0 unspecified atom stereocenters. The van der Waals surface area contributed by atoms with Gasteiger partial charge in [0.05, 0.1) is 22.1 Å². The predicted molar refractivity (Wildman–Crippen MR) is 219 cm³/mol. The lowest BCUT2D eigenvalue weighted by Crippen LogP contribution is -1.93. The molecule has 0 radical (unpaired) electrons. The maximum atomic E-state index is 2.44. The summed E-state index contributed by atoms with van der Waals surface area (Å²) in [5.41, 5.74) is 12.2. The summed E-state index contributed by atoms with van der Waals surface area (Å²) in [4.78, 5) is 0. The van der Waals surface area contributed by atoms with Gasteiger partial charge < -0.3 is 9.13 Å². The van der Waals surface area contributed by atoms with Crippen LogP contribution in [0.15, 0.2) is 182 Å². The Bertz CT molecular complexity index is 3130. The van der Waals surface area contributed by atoms with Crippen LogP contribution in [0, 0.1) is 0 Å². The van der Waals surface area contributed by atoms with E-state index in [1.54, 1.807) is 0 Å². The van der Waals surface area contributed by atoms with Gasteiger partial charge in [0.15, 0.2) is 0 Å². The summed E-state index contributed by atoms with van der Waals surface area (Å²) < 4.78 is 7.45. The Morgan fingerprint density at radius 1 is 0.314 bits per heavy atom. The van der Waals surface area contributed by atoms with E-state index in [0.29, 0.717) is 0 Å². The van der Waals surface area contributed by atoms with E-state index in [9.17, 15) is 0 Å². The number of thiophene rings is 1. The first-order valence-corrected chi connectivity index (χ1v) is 18.3. The number of para-hydroxylation sites is 3. The van der Waals surface area contributed by atoms with Crippen LogP contribution in [0.5, 0.6) is 0 Å². The molecule has 0 spiro atoms. The van der Waals surface area contributed by atoms with Crippen LogP contribution in [0.2, 0.25) is 0 Å².